The van der Waals surface area contributed by atoms with Crippen LogP contribution in [0.15, 0.2) is 6.33 Å². The van der Waals surface area contributed by atoms with E-state index in [1.807, 2.05) is 6.33 Å². The first-order chi connectivity index (χ1) is 12.8. The monoisotopic (exact) mass is 355 g/mol. The number of piperazine rings is 1. The van der Waals surface area contributed by atoms with Crippen LogP contribution in [0.3, 0.4) is 0 Å². The molecule has 142 valence electrons. The summed E-state index contributed by atoms with van der Waals surface area (Å²) in [5.41, 5.74) is 2.72. The van der Waals surface area contributed by atoms with Gasteiger partial charge in [0.2, 0.25) is 0 Å². The van der Waals surface area contributed by atoms with Crippen LogP contribution >= 0.6 is 0 Å². The molecule has 0 N–H and O–H groups in total. The Morgan fingerprint density at radius 1 is 0.962 bits per heavy atom. The van der Waals surface area contributed by atoms with Crippen LogP contribution in [0.25, 0.3) is 0 Å². The maximum absolute atomic E-state index is 4.73. The van der Waals surface area contributed by atoms with Gasteiger partial charge in [0, 0.05) is 56.9 Å². The van der Waals surface area contributed by atoms with E-state index in [2.05, 4.69) is 26.6 Å². The number of hydrogen-bond donors (Lipinski definition) is 0. The summed E-state index contributed by atoms with van der Waals surface area (Å²) in [4.78, 5) is 17.3. The molecule has 5 nitrogen and oxygen atoms in total. The Morgan fingerprint density at radius 3 is 2.46 bits per heavy atom. The van der Waals surface area contributed by atoms with Crippen molar-refractivity contribution in [3.05, 3.63) is 17.6 Å². The minimum Gasteiger partial charge on any atom is -0.354 e. The molecular formula is C21H33N5. The first kappa shape index (κ1) is 16.9. The number of nitrogens with zero attached hydrogens (tertiary/aromatic N) is 5. The second-order valence-electron chi connectivity index (χ2n) is 8.88. The molecule has 5 rings (SSSR count). The molecule has 2 aliphatic carbocycles. The average molecular weight is 356 g/mol. The highest BCUT2D eigenvalue weighted by molar-refractivity contribution is 5.50. The highest BCUT2D eigenvalue weighted by Crippen LogP contribution is 2.37. The highest BCUT2D eigenvalue weighted by atomic mass is 15.3. The predicted molar refractivity (Wildman–Crippen MR) is 104 cm³/mol. The molecule has 3 heterocycles. The zero-order chi connectivity index (χ0) is 17.5. The van der Waals surface area contributed by atoms with Gasteiger partial charge in [-0.05, 0) is 44.9 Å². The van der Waals surface area contributed by atoms with Crippen molar-refractivity contribution in [3.63, 3.8) is 0 Å². The van der Waals surface area contributed by atoms with Crippen LogP contribution in [0.4, 0.5) is 5.82 Å². The van der Waals surface area contributed by atoms with Crippen LogP contribution in [0.5, 0.6) is 0 Å². The first-order valence-electron chi connectivity index (χ1n) is 10.9. The van der Waals surface area contributed by atoms with Crippen molar-refractivity contribution < 1.29 is 0 Å². The molecule has 1 atom stereocenters. The maximum Gasteiger partial charge on any atom is 0.135 e. The van der Waals surface area contributed by atoms with Crippen molar-refractivity contribution >= 4 is 5.82 Å². The molecule has 2 aliphatic heterocycles. The zero-order valence-electron chi connectivity index (χ0n) is 16.2. The molecule has 4 aliphatic rings. The Labute approximate surface area is 157 Å². The topological polar surface area (TPSA) is 35.5 Å². The molecule has 1 aromatic heterocycles. The summed E-state index contributed by atoms with van der Waals surface area (Å²) in [6.07, 6.45) is 11.5. The number of rotatable bonds is 4. The highest BCUT2D eigenvalue weighted by Gasteiger charge is 2.35. The lowest BCUT2D eigenvalue weighted by Crippen LogP contribution is -2.50. The van der Waals surface area contributed by atoms with Gasteiger partial charge in [-0.25, -0.2) is 9.97 Å². The van der Waals surface area contributed by atoms with Gasteiger partial charge in [-0.2, -0.15) is 0 Å². The second kappa shape index (κ2) is 7.08. The Hall–Kier alpha value is -1.20. The van der Waals surface area contributed by atoms with E-state index in [0.717, 1.165) is 44.1 Å². The van der Waals surface area contributed by atoms with E-state index in [1.165, 1.54) is 75.2 Å². The largest absolute Gasteiger partial charge is 0.354 e. The lowest BCUT2D eigenvalue weighted by molar-refractivity contribution is 0.169. The van der Waals surface area contributed by atoms with Crippen LogP contribution < -0.4 is 4.90 Å². The third-order valence-electron chi connectivity index (χ3n) is 7.35. The van der Waals surface area contributed by atoms with Gasteiger partial charge < -0.3 is 4.90 Å². The summed E-state index contributed by atoms with van der Waals surface area (Å²) in [5.74, 6) is 2.17. The van der Waals surface area contributed by atoms with E-state index >= 15 is 0 Å². The van der Waals surface area contributed by atoms with E-state index in [9.17, 15) is 0 Å². The molecule has 1 saturated heterocycles. The van der Waals surface area contributed by atoms with Crippen molar-refractivity contribution in [3.8, 4) is 0 Å². The molecule has 2 saturated carbocycles. The fourth-order valence-electron chi connectivity index (χ4n) is 5.42. The fourth-order valence-corrected chi connectivity index (χ4v) is 5.42. The molecule has 0 spiro atoms. The first-order valence-corrected chi connectivity index (χ1v) is 10.9. The van der Waals surface area contributed by atoms with Gasteiger partial charge in [0.25, 0.3) is 0 Å². The van der Waals surface area contributed by atoms with Crippen molar-refractivity contribution in [2.75, 3.05) is 37.6 Å². The van der Waals surface area contributed by atoms with Crippen molar-refractivity contribution in [1.82, 2.24) is 19.8 Å². The number of aromatic nitrogens is 2. The standard InChI is InChI=1S/C21H33N5/c1-16(17-6-7-17)26-9-8-19-20(14-26)22-15-23-21(19)25-12-10-24(11-13-25)18-4-2-3-5-18/h15-18H,2-14H2,1H3. The van der Waals surface area contributed by atoms with E-state index < -0.39 is 0 Å². The summed E-state index contributed by atoms with van der Waals surface area (Å²) in [6.45, 7) is 9.26. The molecular weight excluding hydrogens is 322 g/mol. The minimum atomic E-state index is 0.719. The molecule has 26 heavy (non-hydrogen) atoms. The normalized spacial score (nSPS) is 26.9. The van der Waals surface area contributed by atoms with Gasteiger partial charge in [-0.3, -0.25) is 9.80 Å². The van der Waals surface area contributed by atoms with Gasteiger partial charge in [0.1, 0.15) is 12.1 Å². The van der Waals surface area contributed by atoms with Crippen molar-refractivity contribution in [2.45, 2.75) is 70.5 Å². The Morgan fingerprint density at radius 2 is 1.73 bits per heavy atom. The molecule has 0 radical (unpaired) electrons. The summed E-state index contributed by atoms with van der Waals surface area (Å²) >= 11 is 0. The van der Waals surface area contributed by atoms with Gasteiger partial charge in [-0.15, -0.1) is 0 Å². The summed E-state index contributed by atoms with van der Waals surface area (Å²) in [7, 11) is 0. The van der Waals surface area contributed by atoms with Crippen LogP contribution in [-0.2, 0) is 13.0 Å². The molecule has 0 bridgehead atoms. The van der Waals surface area contributed by atoms with Crippen LogP contribution in [0.2, 0.25) is 0 Å². The quantitative estimate of drug-likeness (QED) is 0.830. The molecule has 1 aromatic rings. The van der Waals surface area contributed by atoms with Gasteiger partial charge >= 0.3 is 0 Å². The van der Waals surface area contributed by atoms with Gasteiger partial charge in [-0.1, -0.05) is 12.8 Å². The summed E-state index contributed by atoms with van der Waals surface area (Å²) in [5, 5.41) is 0. The van der Waals surface area contributed by atoms with E-state index in [1.54, 1.807) is 0 Å². The van der Waals surface area contributed by atoms with Gasteiger partial charge in [0.05, 0.1) is 5.69 Å². The van der Waals surface area contributed by atoms with Crippen LogP contribution in [0, 0.1) is 5.92 Å². The predicted octanol–water partition coefficient (Wildman–Crippen LogP) is 2.70. The maximum atomic E-state index is 4.73. The molecule has 0 aromatic carbocycles. The number of hydrogen-bond acceptors (Lipinski definition) is 5. The smallest absolute Gasteiger partial charge is 0.135 e. The SMILES string of the molecule is CC(C1CC1)N1CCc2c(ncnc2N2CCN(C3CCCC3)CC2)C1. The summed E-state index contributed by atoms with van der Waals surface area (Å²) < 4.78 is 0. The minimum absolute atomic E-state index is 0.719. The van der Waals surface area contributed by atoms with E-state index in [-0.39, 0.29) is 0 Å². The Kier molecular flexibility index (Phi) is 4.61. The van der Waals surface area contributed by atoms with Crippen molar-refractivity contribution in [2.24, 2.45) is 5.92 Å². The van der Waals surface area contributed by atoms with Crippen LogP contribution in [0.1, 0.15) is 56.7 Å². The third-order valence-corrected chi connectivity index (χ3v) is 7.35. The third kappa shape index (κ3) is 3.24. The van der Waals surface area contributed by atoms with E-state index in [0.29, 0.717) is 0 Å². The van der Waals surface area contributed by atoms with Crippen LogP contribution in [-0.4, -0.2) is 64.6 Å². The van der Waals surface area contributed by atoms with Crippen molar-refractivity contribution in [1.29, 1.82) is 0 Å². The lowest BCUT2D eigenvalue weighted by atomic mass is 10.0. The molecule has 5 heteroatoms. The Bertz CT molecular complexity index is 629. The molecule has 0 amide bonds. The molecule has 1 unspecified atom stereocenters. The fraction of sp³-hybridized carbons (Fsp3) is 0.810. The summed E-state index contributed by atoms with van der Waals surface area (Å²) in [6, 6.07) is 1.57. The number of fused-ring (bicyclic) bond motifs is 1. The lowest BCUT2D eigenvalue weighted by Gasteiger charge is -2.40. The zero-order valence-corrected chi connectivity index (χ0v) is 16.2. The second-order valence-corrected chi connectivity index (χ2v) is 8.88. The van der Waals surface area contributed by atoms with Gasteiger partial charge in [0.15, 0.2) is 0 Å². The Balaban J connectivity index is 1.27. The average Bonchev–Trinajstić information content (AvgIpc) is 3.40. The number of anilines is 1. The molecule has 3 fully saturated rings. The van der Waals surface area contributed by atoms with E-state index in [4.69, 9.17) is 4.98 Å².